The number of halogens is 1. The standard InChI is InChI=1S/C19H20BrN3O5S/c1-13(14-7-8-17-18(11-14)28-10-9-27-17)21-22-19(24)12-23(29(2,25)26)16-6-4-3-5-15(16)20/h3-8,11H,9-10,12H2,1-2H3,(H,22,24)/b21-13-. The Morgan fingerprint density at radius 1 is 1.17 bits per heavy atom. The lowest BCUT2D eigenvalue weighted by Gasteiger charge is -2.22. The highest BCUT2D eigenvalue weighted by atomic mass is 79.9. The Kier molecular flexibility index (Phi) is 6.43. The maximum Gasteiger partial charge on any atom is 0.260 e. The summed E-state index contributed by atoms with van der Waals surface area (Å²) in [5.74, 6) is 0.712. The van der Waals surface area contributed by atoms with Gasteiger partial charge in [0.25, 0.3) is 5.91 Å². The summed E-state index contributed by atoms with van der Waals surface area (Å²) >= 11 is 3.31. The maximum atomic E-state index is 12.4. The van der Waals surface area contributed by atoms with Gasteiger partial charge in [0.2, 0.25) is 10.0 Å². The van der Waals surface area contributed by atoms with Gasteiger partial charge in [-0.3, -0.25) is 9.10 Å². The molecule has 29 heavy (non-hydrogen) atoms. The number of benzene rings is 2. The van der Waals surface area contributed by atoms with E-state index in [1.807, 2.05) is 6.07 Å². The van der Waals surface area contributed by atoms with Crippen molar-refractivity contribution in [2.75, 3.05) is 30.3 Å². The smallest absolute Gasteiger partial charge is 0.260 e. The van der Waals surface area contributed by atoms with Crippen molar-refractivity contribution in [1.82, 2.24) is 5.43 Å². The normalized spacial score (nSPS) is 13.7. The number of hydrogen-bond acceptors (Lipinski definition) is 6. The van der Waals surface area contributed by atoms with Crippen LogP contribution in [0.5, 0.6) is 11.5 Å². The van der Waals surface area contributed by atoms with Gasteiger partial charge in [0, 0.05) is 10.0 Å². The lowest BCUT2D eigenvalue weighted by Crippen LogP contribution is -2.39. The first-order valence-electron chi connectivity index (χ1n) is 8.71. The van der Waals surface area contributed by atoms with E-state index in [-0.39, 0.29) is 0 Å². The van der Waals surface area contributed by atoms with Crippen molar-refractivity contribution in [3.05, 3.63) is 52.5 Å². The fraction of sp³-hybridized carbons (Fsp3) is 0.263. The van der Waals surface area contributed by atoms with Crippen molar-refractivity contribution in [1.29, 1.82) is 0 Å². The van der Waals surface area contributed by atoms with Crippen LogP contribution in [0.1, 0.15) is 12.5 Å². The van der Waals surface area contributed by atoms with Crippen LogP contribution in [0.3, 0.4) is 0 Å². The van der Waals surface area contributed by atoms with Gasteiger partial charge in [-0.05, 0) is 53.2 Å². The van der Waals surface area contributed by atoms with Gasteiger partial charge in [-0.25, -0.2) is 13.8 Å². The third kappa shape index (κ3) is 5.27. The largest absolute Gasteiger partial charge is 0.486 e. The fourth-order valence-electron chi connectivity index (χ4n) is 2.68. The minimum atomic E-state index is -3.67. The third-order valence-corrected chi connectivity index (χ3v) is 5.91. The molecule has 0 aromatic heterocycles. The molecular formula is C19H20BrN3O5S. The molecule has 0 aliphatic carbocycles. The second-order valence-electron chi connectivity index (χ2n) is 6.31. The van der Waals surface area contributed by atoms with E-state index in [4.69, 9.17) is 9.47 Å². The molecule has 1 aliphatic heterocycles. The highest BCUT2D eigenvalue weighted by molar-refractivity contribution is 9.10. The number of sulfonamides is 1. The summed E-state index contributed by atoms with van der Waals surface area (Å²) in [6.07, 6.45) is 1.05. The van der Waals surface area contributed by atoms with E-state index < -0.39 is 22.5 Å². The zero-order valence-corrected chi connectivity index (χ0v) is 18.3. The Balaban J connectivity index is 1.72. The van der Waals surface area contributed by atoms with Crippen molar-refractivity contribution in [3.63, 3.8) is 0 Å². The number of nitrogens with zero attached hydrogens (tertiary/aromatic N) is 2. The molecule has 1 N–H and O–H groups in total. The number of amides is 1. The van der Waals surface area contributed by atoms with Gasteiger partial charge in [0.05, 0.1) is 17.7 Å². The molecule has 10 heteroatoms. The number of hydrazone groups is 1. The summed E-state index contributed by atoms with van der Waals surface area (Å²) < 4.78 is 37.0. The molecule has 0 bridgehead atoms. The fourth-order valence-corrected chi connectivity index (χ4v) is 4.16. The minimum Gasteiger partial charge on any atom is -0.486 e. The quantitative estimate of drug-likeness (QED) is 0.504. The van der Waals surface area contributed by atoms with Crippen LogP contribution in [-0.2, 0) is 14.8 Å². The van der Waals surface area contributed by atoms with Crippen molar-refractivity contribution in [2.45, 2.75) is 6.92 Å². The van der Waals surface area contributed by atoms with Crippen molar-refractivity contribution in [2.24, 2.45) is 5.10 Å². The molecular weight excluding hydrogens is 462 g/mol. The van der Waals surface area contributed by atoms with E-state index >= 15 is 0 Å². The van der Waals surface area contributed by atoms with Crippen LogP contribution in [0.4, 0.5) is 5.69 Å². The SMILES string of the molecule is C/C(=N/NC(=O)CN(c1ccccc1Br)S(C)(=O)=O)c1ccc2c(c1)OCCO2. The molecule has 2 aromatic carbocycles. The molecule has 0 saturated heterocycles. The number of carbonyl (C=O) groups excluding carboxylic acids is 1. The Labute approximate surface area is 177 Å². The van der Waals surface area contributed by atoms with Gasteiger partial charge in [0.15, 0.2) is 11.5 Å². The van der Waals surface area contributed by atoms with Crippen LogP contribution in [0.15, 0.2) is 52.0 Å². The molecule has 3 rings (SSSR count). The highest BCUT2D eigenvalue weighted by Crippen LogP contribution is 2.31. The van der Waals surface area contributed by atoms with Crippen LogP contribution in [0, 0.1) is 0 Å². The van der Waals surface area contributed by atoms with E-state index in [1.165, 1.54) is 0 Å². The van der Waals surface area contributed by atoms with E-state index in [0.717, 1.165) is 16.1 Å². The predicted octanol–water partition coefficient (Wildman–Crippen LogP) is 2.53. The molecule has 1 aliphatic rings. The van der Waals surface area contributed by atoms with Crippen molar-refractivity contribution < 1.29 is 22.7 Å². The number of hydrogen-bond donors (Lipinski definition) is 1. The van der Waals surface area contributed by atoms with E-state index in [0.29, 0.717) is 40.6 Å². The summed E-state index contributed by atoms with van der Waals surface area (Å²) in [6, 6.07) is 12.1. The Hall–Kier alpha value is -2.59. The van der Waals surface area contributed by atoms with Crippen LogP contribution >= 0.6 is 15.9 Å². The first kappa shape index (κ1) is 21.1. The van der Waals surface area contributed by atoms with Gasteiger partial charge >= 0.3 is 0 Å². The van der Waals surface area contributed by atoms with Gasteiger partial charge < -0.3 is 9.47 Å². The molecule has 2 aromatic rings. The summed E-state index contributed by atoms with van der Waals surface area (Å²) in [5.41, 5.74) is 4.08. The lowest BCUT2D eigenvalue weighted by molar-refractivity contribution is -0.119. The molecule has 154 valence electrons. The number of ether oxygens (including phenoxy) is 2. The van der Waals surface area contributed by atoms with Crippen LogP contribution in [0.25, 0.3) is 0 Å². The number of fused-ring (bicyclic) bond motifs is 1. The summed E-state index contributed by atoms with van der Waals surface area (Å²) in [4.78, 5) is 12.4. The molecule has 0 spiro atoms. The number of para-hydroxylation sites is 1. The van der Waals surface area contributed by atoms with Gasteiger partial charge in [-0.1, -0.05) is 12.1 Å². The second-order valence-corrected chi connectivity index (χ2v) is 9.07. The summed E-state index contributed by atoms with van der Waals surface area (Å²) in [7, 11) is -3.67. The van der Waals surface area contributed by atoms with E-state index in [2.05, 4.69) is 26.5 Å². The monoisotopic (exact) mass is 481 g/mol. The average molecular weight is 482 g/mol. The average Bonchev–Trinajstić information content (AvgIpc) is 2.69. The number of nitrogens with one attached hydrogen (secondary N) is 1. The molecule has 0 saturated carbocycles. The highest BCUT2D eigenvalue weighted by Gasteiger charge is 2.22. The van der Waals surface area contributed by atoms with Gasteiger partial charge in [-0.2, -0.15) is 5.10 Å². The molecule has 0 fully saturated rings. The molecule has 1 amide bonds. The Morgan fingerprint density at radius 2 is 1.86 bits per heavy atom. The lowest BCUT2D eigenvalue weighted by atomic mass is 10.1. The molecule has 8 nitrogen and oxygen atoms in total. The number of rotatable bonds is 6. The molecule has 0 atom stereocenters. The van der Waals surface area contributed by atoms with Crippen molar-refractivity contribution in [3.8, 4) is 11.5 Å². The Morgan fingerprint density at radius 3 is 2.55 bits per heavy atom. The number of carbonyl (C=O) groups is 1. The first-order chi connectivity index (χ1) is 13.8. The maximum absolute atomic E-state index is 12.4. The summed E-state index contributed by atoms with van der Waals surface area (Å²) in [5, 5.41) is 4.08. The third-order valence-electron chi connectivity index (χ3n) is 4.12. The first-order valence-corrected chi connectivity index (χ1v) is 11.4. The van der Waals surface area contributed by atoms with Gasteiger partial charge in [-0.15, -0.1) is 0 Å². The van der Waals surface area contributed by atoms with Crippen molar-refractivity contribution >= 4 is 43.3 Å². The Bertz CT molecular complexity index is 1060. The zero-order valence-electron chi connectivity index (χ0n) is 15.9. The van der Waals surface area contributed by atoms with E-state index in [1.54, 1.807) is 43.3 Å². The van der Waals surface area contributed by atoms with E-state index in [9.17, 15) is 13.2 Å². The zero-order chi connectivity index (χ0) is 21.0. The molecule has 0 unspecified atom stereocenters. The van der Waals surface area contributed by atoms with Gasteiger partial charge in [0.1, 0.15) is 19.8 Å². The minimum absolute atomic E-state index is 0.373. The van der Waals surface area contributed by atoms with Crippen LogP contribution in [-0.4, -0.2) is 46.1 Å². The summed E-state index contributed by atoms with van der Waals surface area (Å²) in [6.45, 7) is 2.30. The molecule has 1 heterocycles. The topological polar surface area (TPSA) is 97.3 Å². The predicted molar refractivity (Wildman–Crippen MR) is 114 cm³/mol. The molecule has 0 radical (unpaired) electrons. The van der Waals surface area contributed by atoms with Crippen LogP contribution < -0.4 is 19.2 Å². The van der Waals surface area contributed by atoms with Crippen LogP contribution in [0.2, 0.25) is 0 Å². The number of anilines is 1. The second kappa shape index (κ2) is 8.83.